The maximum Gasteiger partial charge on any atom is 0.312 e. The average Bonchev–Trinajstić information content (AvgIpc) is 2.71. The molecule has 4 aliphatic rings. The van der Waals surface area contributed by atoms with Crippen molar-refractivity contribution < 1.29 is 18.9 Å². The van der Waals surface area contributed by atoms with Gasteiger partial charge in [-0.05, 0) is 43.0 Å². The van der Waals surface area contributed by atoms with Crippen molar-refractivity contribution in [2.75, 3.05) is 33.5 Å². The zero-order chi connectivity index (χ0) is 17.2. The molecule has 1 aromatic rings. The predicted molar refractivity (Wildman–Crippen MR) is 93.7 cm³/mol. The van der Waals surface area contributed by atoms with Gasteiger partial charge >= 0.3 is 5.97 Å². The Balaban J connectivity index is 1.46. The van der Waals surface area contributed by atoms with E-state index in [0.29, 0.717) is 12.5 Å². The highest BCUT2D eigenvalue weighted by atomic mass is 16.9. The monoisotopic (exact) mass is 342 g/mol. The third kappa shape index (κ3) is 3.22. The Hall–Kier alpha value is -1.38. The number of rotatable bonds is 3. The molecule has 5 rings (SSSR count). The van der Waals surface area contributed by atoms with Crippen molar-refractivity contribution in [1.82, 2.24) is 0 Å². The molecule has 0 spiro atoms. The second-order valence-electron chi connectivity index (χ2n) is 7.43. The molecular weight excluding hydrogens is 316 g/mol. The first-order valence-corrected chi connectivity index (χ1v) is 9.27. The highest BCUT2D eigenvalue weighted by Crippen LogP contribution is 2.50. The molecule has 4 nitrogen and oxygen atoms in total. The zero-order valence-electron chi connectivity index (χ0n) is 14.9. The van der Waals surface area contributed by atoms with E-state index in [0.717, 1.165) is 30.9 Å². The van der Waals surface area contributed by atoms with Crippen molar-refractivity contribution >= 4 is 0 Å². The Morgan fingerprint density at radius 2 is 1.64 bits per heavy atom. The third-order valence-corrected chi connectivity index (χ3v) is 5.81. The molecule has 25 heavy (non-hydrogen) atoms. The maximum atomic E-state index is 6.15. The van der Waals surface area contributed by atoms with Gasteiger partial charge in [0.25, 0.3) is 0 Å². The van der Waals surface area contributed by atoms with Crippen molar-refractivity contribution in [3.05, 3.63) is 35.4 Å². The van der Waals surface area contributed by atoms with E-state index in [2.05, 4.69) is 11.8 Å². The van der Waals surface area contributed by atoms with Crippen molar-refractivity contribution in [1.29, 1.82) is 0 Å². The van der Waals surface area contributed by atoms with E-state index in [1.54, 1.807) is 7.11 Å². The molecule has 3 saturated heterocycles. The minimum atomic E-state index is -1.03. The summed E-state index contributed by atoms with van der Waals surface area (Å²) in [5, 5.41) is 0. The largest absolute Gasteiger partial charge is 0.372 e. The first-order valence-electron chi connectivity index (χ1n) is 9.27. The van der Waals surface area contributed by atoms with Crippen molar-refractivity contribution in [3.8, 4) is 11.8 Å². The molecule has 4 fully saturated rings. The van der Waals surface area contributed by atoms with Crippen LogP contribution >= 0.6 is 0 Å². The van der Waals surface area contributed by atoms with Crippen LogP contribution in [-0.2, 0) is 24.9 Å². The lowest BCUT2D eigenvalue weighted by Gasteiger charge is -2.55. The Morgan fingerprint density at radius 1 is 1.00 bits per heavy atom. The van der Waals surface area contributed by atoms with E-state index in [-0.39, 0.29) is 5.41 Å². The van der Waals surface area contributed by atoms with Crippen LogP contribution in [0.25, 0.3) is 0 Å². The number of benzene rings is 1. The summed E-state index contributed by atoms with van der Waals surface area (Å²) in [4.78, 5) is 0. The molecule has 1 aliphatic carbocycles. The number of hydrogen-bond acceptors (Lipinski definition) is 4. The van der Waals surface area contributed by atoms with Crippen LogP contribution < -0.4 is 0 Å². The summed E-state index contributed by atoms with van der Waals surface area (Å²) in [5.41, 5.74) is 1.90. The van der Waals surface area contributed by atoms with Gasteiger partial charge in [0, 0.05) is 23.7 Å². The molecule has 1 saturated carbocycles. The fraction of sp³-hybridized carbons (Fsp3) is 0.619. The van der Waals surface area contributed by atoms with Crippen LogP contribution in [0.4, 0.5) is 0 Å². The van der Waals surface area contributed by atoms with Crippen molar-refractivity contribution in [3.63, 3.8) is 0 Å². The zero-order valence-corrected chi connectivity index (χ0v) is 14.9. The van der Waals surface area contributed by atoms with Crippen LogP contribution in [0.3, 0.4) is 0 Å². The molecule has 4 heteroatoms. The minimum Gasteiger partial charge on any atom is -0.372 e. The summed E-state index contributed by atoms with van der Waals surface area (Å²) in [6.45, 7) is 2.62. The van der Waals surface area contributed by atoms with Crippen LogP contribution in [0.1, 0.15) is 43.2 Å². The molecule has 3 aliphatic heterocycles. The Kier molecular flexibility index (Phi) is 4.84. The summed E-state index contributed by atoms with van der Waals surface area (Å²) in [7, 11) is 1.64. The van der Waals surface area contributed by atoms with Crippen LogP contribution in [0.5, 0.6) is 0 Å². The fourth-order valence-corrected chi connectivity index (χ4v) is 4.25. The molecular formula is C21H26O4. The summed E-state index contributed by atoms with van der Waals surface area (Å²) in [6.07, 6.45) is 6.56. The lowest BCUT2D eigenvalue weighted by molar-refractivity contribution is -0.486. The van der Waals surface area contributed by atoms with Gasteiger partial charge in [-0.15, -0.1) is 0 Å². The second kappa shape index (κ2) is 7.09. The highest BCUT2D eigenvalue weighted by molar-refractivity contribution is 5.37. The van der Waals surface area contributed by atoms with Gasteiger partial charge in [-0.1, -0.05) is 31.1 Å². The van der Waals surface area contributed by atoms with E-state index in [1.165, 1.54) is 32.1 Å². The molecule has 3 heterocycles. The third-order valence-electron chi connectivity index (χ3n) is 5.81. The molecule has 134 valence electrons. The van der Waals surface area contributed by atoms with Gasteiger partial charge in [0.2, 0.25) is 0 Å². The topological polar surface area (TPSA) is 36.9 Å². The summed E-state index contributed by atoms with van der Waals surface area (Å²) in [5.74, 6) is 5.66. The maximum absolute atomic E-state index is 6.15. The summed E-state index contributed by atoms with van der Waals surface area (Å²) in [6, 6.07) is 7.91. The van der Waals surface area contributed by atoms with Gasteiger partial charge in [-0.25, -0.2) is 0 Å². The molecule has 0 aromatic heterocycles. The number of hydrogen-bond donors (Lipinski definition) is 0. The van der Waals surface area contributed by atoms with E-state index >= 15 is 0 Å². The molecule has 2 bridgehead atoms. The SMILES string of the molecule is COCC#Cc1ccc(C23OCC(C4CCCCC4)(CO2)CO3)cc1. The lowest BCUT2D eigenvalue weighted by Crippen LogP contribution is -2.61. The molecule has 0 radical (unpaired) electrons. The van der Waals surface area contributed by atoms with E-state index in [9.17, 15) is 0 Å². The van der Waals surface area contributed by atoms with Crippen LogP contribution in [0, 0.1) is 23.2 Å². The summed E-state index contributed by atoms with van der Waals surface area (Å²) < 4.78 is 23.4. The average molecular weight is 342 g/mol. The van der Waals surface area contributed by atoms with Crippen LogP contribution in [0.15, 0.2) is 24.3 Å². The molecule has 0 amide bonds. The van der Waals surface area contributed by atoms with E-state index in [4.69, 9.17) is 18.9 Å². The van der Waals surface area contributed by atoms with Crippen molar-refractivity contribution in [2.45, 2.75) is 38.1 Å². The van der Waals surface area contributed by atoms with Gasteiger partial charge in [0.05, 0.1) is 19.8 Å². The van der Waals surface area contributed by atoms with E-state index in [1.807, 2.05) is 24.3 Å². The number of methoxy groups -OCH3 is 1. The standard InChI is InChI=1S/C21H26O4/c1-22-13-5-6-17-9-11-19(12-10-17)21-23-14-20(15-24-21,16-25-21)18-7-3-2-4-8-18/h9-12,18H,2-4,7-8,13-16H2,1H3. The first kappa shape index (κ1) is 17.1. The Labute approximate surface area is 149 Å². The molecule has 1 aromatic carbocycles. The van der Waals surface area contributed by atoms with Gasteiger partial charge in [0.1, 0.15) is 6.61 Å². The van der Waals surface area contributed by atoms with E-state index < -0.39 is 5.97 Å². The normalized spacial score (nSPS) is 32.2. The van der Waals surface area contributed by atoms with Crippen LogP contribution in [0.2, 0.25) is 0 Å². The highest BCUT2D eigenvalue weighted by Gasteiger charge is 2.56. The Morgan fingerprint density at radius 3 is 2.24 bits per heavy atom. The molecule has 0 N–H and O–H groups in total. The second-order valence-corrected chi connectivity index (χ2v) is 7.43. The predicted octanol–water partition coefficient (Wildman–Crippen LogP) is 3.44. The van der Waals surface area contributed by atoms with Gasteiger partial charge in [0.15, 0.2) is 0 Å². The molecule has 0 unspecified atom stereocenters. The molecule has 0 atom stereocenters. The first-order chi connectivity index (χ1) is 12.3. The van der Waals surface area contributed by atoms with Gasteiger partial charge in [-0.2, -0.15) is 0 Å². The lowest BCUT2D eigenvalue weighted by atomic mass is 9.69. The number of ether oxygens (including phenoxy) is 4. The fourth-order valence-electron chi connectivity index (χ4n) is 4.25. The summed E-state index contributed by atoms with van der Waals surface area (Å²) >= 11 is 0. The minimum absolute atomic E-state index is 0.0493. The quantitative estimate of drug-likeness (QED) is 0.789. The van der Waals surface area contributed by atoms with Gasteiger partial charge in [-0.3, -0.25) is 0 Å². The van der Waals surface area contributed by atoms with Crippen molar-refractivity contribution in [2.24, 2.45) is 11.3 Å². The smallest absolute Gasteiger partial charge is 0.312 e. The van der Waals surface area contributed by atoms with Gasteiger partial charge < -0.3 is 18.9 Å². The number of fused-ring (bicyclic) bond motifs is 3. The Bertz CT molecular complexity index is 624. The van der Waals surface area contributed by atoms with Crippen LogP contribution in [-0.4, -0.2) is 33.5 Å².